The molecule has 0 aromatic carbocycles. The molecule has 2 aromatic heterocycles. The second kappa shape index (κ2) is 5.71. The van der Waals surface area contributed by atoms with Crippen LogP contribution in [0.1, 0.15) is 12.6 Å². The molecule has 0 bridgehead atoms. The second-order valence-corrected chi connectivity index (χ2v) is 3.64. The highest BCUT2D eigenvalue weighted by Crippen LogP contribution is 2.21. The van der Waals surface area contributed by atoms with Crippen LogP contribution in [0.4, 0.5) is 5.82 Å². The number of hydrogen-bond donors (Lipinski definition) is 3. The number of aromatic nitrogens is 4. The van der Waals surface area contributed by atoms with Crippen LogP contribution in [0.25, 0.3) is 11.2 Å². The van der Waals surface area contributed by atoms with E-state index in [-0.39, 0.29) is 19.8 Å². The molecule has 8 nitrogen and oxygen atoms in total. The lowest BCUT2D eigenvalue weighted by Crippen LogP contribution is -2.16. The van der Waals surface area contributed by atoms with Gasteiger partial charge in [-0.25, -0.2) is 15.0 Å². The van der Waals surface area contributed by atoms with Crippen LogP contribution in [-0.2, 0) is 4.74 Å². The van der Waals surface area contributed by atoms with Gasteiger partial charge in [-0.2, -0.15) is 0 Å². The summed E-state index contributed by atoms with van der Waals surface area (Å²) in [5, 5.41) is 17.8. The molecule has 18 heavy (non-hydrogen) atoms. The minimum atomic E-state index is -0.443. The van der Waals surface area contributed by atoms with Crippen LogP contribution in [0.5, 0.6) is 0 Å². The predicted octanol–water partition coefficient (Wildman–Crippen LogP) is -0.702. The first-order valence-electron chi connectivity index (χ1n) is 5.54. The van der Waals surface area contributed by atoms with Gasteiger partial charge in [0.1, 0.15) is 18.1 Å². The van der Waals surface area contributed by atoms with E-state index in [1.807, 2.05) is 0 Å². The average molecular weight is 253 g/mol. The van der Waals surface area contributed by atoms with Crippen LogP contribution in [0, 0.1) is 0 Å². The molecule has 4 N–H and O–H groups in total. The lowest BCUT2D eigenvalue weighted by atomic mass is 10.4. The Morgan fingerprint density at radius 3 is 2.83 bits per heavy atom. The predicted molar refractivity (Wildman–Crippen MR) is 63.5 cm³/mol. The fraction of sp³-hybridized carbons (Fsp3) is 0.500. The molecule has 0 saturated heterocycles. The number of nitrogen functional groups attached to an aromatic ring is 1. The number of nitrogens with zero attached hydrogens (tertiary/aromatic N) is 4. The first kappa shape index (κ1) is 12.7. The van der Waals surface area contributed by atoms with E-state index < -0.39 is 6.23 Å². The number of aliphatic hydroxyl groups is 2. The van der Waals surface area contributed by atoms with Crippen LogP contribution in [-0.4, -0.2) is 49.6 Å². The Morgan fingerprint density at radius 2 is 2.11 bits per heavy atom. The highest BCUT2D eigenvalue weighted by Gasteiger charge is 2.16. The lowest BCUT2D eigenvalue weighted by Gasteiger charge is -2.18. The fourth-order valence-corrected chi connectivity index (χ4v) is 1.68. The Hall–Kier alpha value is -1.77. The molecule has 0 unspecified atom stereocenters. The van der Waals surface area contributed by atoms with Gasteiger partial charge in [0.25, 0.3) is 0 Å². The minimum absolute atomic E-state index is 0.0453. The fourth-order valence-electron chi connectivity index (χ4n) is 1.68. The molecule has 1 atom stereocenters. The van der Waals surface area contributed by atoms with Crippen LogP contribution in [0.15, 0.2) is 12.7 Å². The van der Waals surface area contributed by atoms with Crippen molar-refractivity contribution in [2.24, 2.45) is 0 Å². The van der Waals surface area contributed by atoms with Gasteiger partial charge in [-0.05, 0) is 0 Å². The zero-order valence-electron chi connectivity index (χ0n) is 9.73. The number of imidazole rings is 1. The van der Waals surface area contributed by atoms with Gasteiger partial charge < -0.3 is 20.7 Å². The molecular weight excluding hydrogens is 238 g/mol. The highest BCUT2D eigenvalue weighted by atomic mass is 16.5. The number of ether oxygens (including phenoxy) is 1. The van der Waals surface area contributed by atoms with Gasteiger partial charge in [0.15, 0.2) is 11.5 Å². The maximum absolute atomic E-state index is 9.03. The van der Waals surface area contributed by atoms with Gasteiger partial charge >= 0.3 is 0 Å². The largest absolute Gasteiger partial charge is 0.396 e. The van der Waals surface area contributed by atoms with Crippen molar-refractivity contribution in [2.45, 2.75) is 12.6 Å². The Balaban J connectivity index is 2.34. The average Bonchev–Trinajstić information content (AvgIpc) is 2.80. The molecule has 8 heteroatoms. The number of anilines is 1. The Bertz CT molecular complexity index is 515. The topological polar surface area (TPSA) is 119 Å². The van der Waals surface area contributed by atoms with Crippen LogP contribution in [0.2, 0.25) is 0 Å². The summed E-state index contributed by atoms with van der Waals surface area (Å²) in [7, 11) is 0. The lowest BCUT2D eigenvalue weighted by molar-refractivity contribution is -0.0260. The van der Waals surface area contributed by atoms with Crippen molar-refractivity contribution in [2.75, 3.05) is 25.6 Å². The van der Waals surface area contributed by atoms with Crippen molar-refractivity contribution >= 4 is 17.0 Å². The van der Waals surface area contributed by atoms with Crippen LogP contribution >= 0.6 is 0 Å². The third-order valence-corrected chi connectivity index (χ3v) is 2.47. The van der Waals surface area contributed by atoms with Gasteiger partial charge in [0.2, 0.25) is 0 Å². The van der Waals surface area contributed by atoms with Crippen molar-refractivity contribution in [1.29, 1.82) is 0 Å². The normalized spacial score (nSPS) is 13.0. The summed E-state index contributed by atoms with van der Waals surface area (Å²) in [6.07, 6.45) is 2.81. The van der Waals surface area contributed by atoms with Gasteiger partial charge in [0.05, 0.1) is 19.5 Å². The number of rotatable bonds is 6. The number of aliphatic hydroxyl groups excluding tert-OH is 2. The Morgan fingerprint density at radius 1 is 1.28 bits per heavy atom. The van der Waals surface area contributed by atoms with Gasteiger partial charge in [-0.1, -0.05) is 0 Å². The van der Waals surface area contributed by atoms with Gasteiger partial charge in [0, 0.05) is 13.0 Å². The number of hydrogen-bond acceptors (Lipinski definition) is 7. The molecule has 0 saturated carbocycles. The van der Waals surface area contributed by atoms with Crippen molar-refractivity contribution in [3.8, 4) is 0 Å². The van der Waals surface area contributed by atoms with E-state index in [4.69, 9.17) is 20.7 Å². The zero-order chi connectivity index (χ0) is 13.0. The molecule has 0 aliphatic heterocycles. The maximum Gasteiger partial charge on any atom is 0.167 e. The summed E-state index contributed by atoms with van der Waals surface area (Å²) in [5.41, 5.74) is 6.72. The molecule has 0 fully saturated rings. The van der Waals surface area contributed by atoms with Crippen LogP contribution in [0.3, 0.4) is 0 Å². The van der Waals surface area contributed by atoms with E-state index in [0.29, 0.717) is 23.4 Å². The monoisotopic (exact) mass is 253 g/mol. The van der Waals surface area contributed by atoms with E-state index >= 15 is 0 Å². The molecule has 0 amide bonds. The molecule has 0 aliphatic carbocycles. The molecule has 2 aromatic rings. The third kappa shape index (κ3) is 2.40. The summed E-state index contributed by atoms with van der Waals surface area (Å²) in [4.78, 5) is 12.1. The van der Waals surface area contributed by atoms with E-state index in [1.54, 1.807) is 4.57 Å². The number of nitrogens with two attached hydrogens (primary N) is 1. The van der Waals surface area contributed by atoms with E-state index in [9.17, 15) is 0 Å². The first-order chi connectivity index (χ1) is 8.77. The van der Waals surface area contributed by atoms with E-state index in [0.717, 1.165) is 0 Å². The highest BCUT2D eigenvalue weighted by molar-refractivity contribution is 5.81. The molecule has 0 aliphatic rings. The smallest absolute Gasteiger partial charge is 0.167 e. The van der Waals surface area contributed by atoms with Crippen molar-refractivity contribution in [3.63, 3.8) is 0 Å². The van der Waals surface area contributed by atoms with E-state index in [2.05, 4.69) is 15.0 Å². The van der Waals surface area contributed by atoms with E-state index in [1.165, 1.54) is 12.7 Å². The van der Waals surface area contributed by atoms with Crippen LogP contribution < -0.4 is 5.73 Å². The summed E-state index contributed by atoms with van der Waals surface area (Å²) in [6, 6.07) is 0. The van der Waals surface area contributed by atoms with Gasteiger partial charge in [-0.15, -0.1) is 0 Å². The molecule has 0 spiro atoms. The third-order valence-electron chi connectivity index (χ3n) is 2.47. The van der Waals surface area contributed by atoms with Gasteiger partial charge in [-0.3, -0.25) is 4.57 Å². The minimum Gasteiger partial charge on any atom is -0.396 e. The quantitative estimate of drug-likeness (QED) is 0.622. The Kier molecular flexibility index (Phi) is 4.03. The molecule has 2 heterocycles. The molecule has 98 valence electrons. The summed E-state index contributed by atoms with van der Waals surface area (Å²) in [6.45, 7) is 0.0346. The summed E-state index contributed by atoms with van der Waals surface area (Å²) >= 11 is 0. The molecule has 0 radical (unpaired) electrons. The summed E-state index contributed by atoms with van der Waals surface area (Å²) < 4.78 is 7.10. The second-order valence-electron chi connectivity index (χ2n) is 3.64. The molecular formula is C10H15N5O3. The summed E-state index contributed by atoms with van der Waals surface area (Å²) in [5.74, 6) is 0.295. The zero-order valence-corrected chi connectivity index (χ0v) is 9.73. The van der Waals surface area contributed by atoms with Crippen molar-refractivity contribution in [3.05, 3.63) is 12.7 Å². The standard InChI is InChI=1S/C10H15N5O3/c11-9-8-10(13-5-12-9)15(6-14-8)7(1-2-16)18-4-3-17/h5-7,16-17H,1-4H2,(H2,11,12,13)/t7-/m0/s1. The SMILES string of the molecule is Nc1ncnc2c1ncn2[C@H](CCO)OCCO. The first-order valence-corrected chi connectivity index (χ1v) is 5.54. The van der Waals surface area contributed by atoms with Crippen molar-refractivity contribution in [1.82, 2.24) is 19.5 Å². The Labute approximate surface area is 103 Å². The number of fused-ring (bicyclic) bond motifs is 1. The van der Waals surface area contributed by atoms with Crippen molar-refractivity contribution < 1.29 is 14.9 Å². The maximum atomic E-state index is 9.03. The molecule has 2 rings (SSSR count).